The fourth-order valence-corrected chi connectivity index (χ4v) is 1.60. The van der Waals surface area contributed by atoms with Crippen molar-refractivity contribution in [3.63, 3.8) is 0 Å². The van der Waals surface area contributed by atoms with Crippen LogP contribution >= 0.6 is 23.2 Å². The Morgan fingerprint density at radius 1 is 1.32 bits per heavy atom. The van der Waals surface area contributed by atoms with Gasteiger partial charge in [0, 0.05) is 6.42 Å². The summed E-state index contributed by atoms with van der Waals surface area (Å²) in [6.45, 7) is 0. The van der Waals surface area contributed by atoms with Crippen LogP contribution in [0.1, 0.15) is 23.3 Å². The first-order valence-electron chi connectivity index (χ1n) is 5.10. The lowest BCUT2D eigenvalue weighted by molar-refractivity contribution is -0.140. The third-order valence-corrected chi connectivity index (χ3v) is 2.91. The highest BCUT2D eigenvalue weighted by Gasteiger charge is 2.22. The van der Waals surface area contributed by atoms with Crippen molar-refractivity contribution < 1.29 is 24.6 Å². The van der Waals surface area contributed by atoms with E-state index in [-0.39, 0.29) is 28.7 Å². The van der Waals surface area contributed by atoms with Crippen molar-refractivity contribution in [3.05, 3.63) is 21.9 Å². The quantitative estimate of drug-likeness (QED) is 0.632. The molecule has 0 saturated heterocycles. The molecule has 9 heteroatoms. The first kappa shape index (κ1) is 15.3. The largest absolute Gasteiger partial charge is 0.481 e. The summed E-state index contributed by atoms with van der Waals surface area (Å²) in [5, 5.41) is 19.7. The van der Waals surface area contributed by atoms with Gasteiger partial charge in [0.2, 0.25) is 0 Å². The van der Waals surface area contributed by atoms with E-state index in [1.807, 2.05) is 0 Å². The van der Waals surface area contributed by atoms with Gasteiger partial charge >= 0.3 is 11.9 Å². The summed E-state index contributed by atoms with van der Waals surface area (Å²) in [6.07, 6.45) is -0.595. The van der Waals surface area contributed by atoms with Gasteiger partial charge in [0.1, 0.15) is 16.9 Å². The lowest BCUT2D eigenvalue weighted by Gasteiger charge is -2.12. The normalized spacial score (nSPS) is 11.9. The molecule has 0 aromatic carbocycles. The molecule has 0 aliphatic heterocycles. The maximum Gasteiger partial charge on any atom is 0.326 e. The number of aliphatic carboxylic acids is 2. The van der Waals surface area contributed by atoms with E-state index in [0.717, 1.165) is 0 Å². The van der Waals surface area contributed by atoms with Gasteiger partial charge in [-0.05, 0) is 12.5 Å². The minimum Gasteiger partial charge on any atom is -0.481 e. The van der Waals surface area contributed by atoms with Crippen LogP contribution in [-0.2, 0) is 9.59 Å². The number of aromatic amines is 1. The Labute approximate surface area is 117 Å². The Balaban J connectivity index is 2.71. The van der Waals surface area contributed by atoms with Crippen molar-refractivity contribution >= 4 is 41.0 Å². The fourth-order valence-electron chi connectivity index (χ4n) is 1.29. The number of carbonyl (C=O) groups excluding carboxylic acids is 1. The second-order valence-electron chi connectivity index (χ2n) is 3.64. The number of amides is 1. The monoisotopic (exact) mass is 308 g/mol. The zero-order valence-electron chi connectivity index (χ0n) is 9.44. The lowest BCUT2D eigenvalue weighted by atomic mass is 10.1. The number of hydrogen-bond acceptors (Lipinski definition) is 3. The smallest absolute Gasteiger partial charge is 0.326 e. The number of carboxylic acids is 2. The molecule has 0 radical (unpaired) electrons. The average Bonchev–Trinajstić information content (AvgIpc) is 2.64. The van der Waals surface area contributed by atoms with Crippen molar-refractivity contribution in [3.8, 4) is 0 Å². The van der Waals surface area contributed by atoms with Crippen molar-refractivity contribution in [2.45, 2.75) is 18.9 Å². The molecule has 0 fully saturated rings. The third-order valence-electron chi connectivity index (χ3n) is 2.22. The Morgan fingerprint density at radius 3 is 2.37 bits per heavy atom. The lowest BCUT2D eigenvalue weighted by Crippen LogP contribution is -2.41. The van der Waals surface area contributed by atoms with Crippen LogP contribution in [0.4, 0.5) is 0 Å². The zero-order chi connectivity index (χ0) is 14.6. The SMILES string of the molecule is O=C(O)CCC(NC(=O)c1cc(Cl)c(Cl)[nH]1)C(=O)O. The molecule has 19 heavy (non-hydrogen) atoms. The molecule has 1 heterocycles. The van der Waals surface area contributed by atoms with E-state index in [0.29, 0.717) is 0 Å². The molecule has 104 valence electrons. The van der Waals surface area contributed by atoms with Crippen LogP contribution in [0.5, 0.6) is 0 Å². The van der Waals surface area contributed by atoms with E-state index in [4.69, 9.17) is 33.4 Å². The first-order valence-corrected chi connectivity index (χ1v) is 5.86. The molecule has 0 bridgehead atoms. The highest BCUT2D eigenvalue weighted by atomic mass is 35.5. The zero-order valence-corrected chi connectivity index (χ0v) is 11.0. The summed E-state index contributed by atoms with van der Waals surface area (Å²) in [7, 11) is 0. The summed E-state index contributed by atoms with van der Waals surface area (Å²) in [5.74, 6) is -3.20. The predicted octanol–water partition coefficient (Wildman–Crippen LogP) is 1.37. The molecule has 1 aromatic rings. The number of carboxylic acid groups (broad SMARTS) is 2. The molecule has 1 aromatic heterocycles. The molecular weight excluding hydrogens is 299 g/mol. The number of hydrogen-bond donors (Lipinski definition) is 4. The number of H-pyrrole nitrogens is 1. The van der Waals surface area contributed by atoms with Crippen LogP contribution in [0.25, 0.3) is 0 Å². The molecule has 7 nitrogen and oxygen atoms in total. The van der Waals surface area contributed by atoms with Crippen LogP contribution in [0.3, 0.4) is 0 Å². The molecule has 0 spiro atoms. The van der Waals surface area contributed by atoms with Gasteiger partial charge in [0.25, 0.3) is 5.91 Å². The molecule has 1 amide bonds. The summed E-state index contributed by atoms with van der Waals surface area (Å²) < 4.78 is 0. The summed E-state index contributed by atoms with van der Waals surface area (Å²) >= 11 is 11.3. The highest BCUT2D eigenvalue weighted by Crippen LogP contribution is 2.21. The molecule has 1 rings (SSSR count). The Hall–Kier alpha value is -1.73. The number of rotatable bonds is 6. The van der Waals surface area contributed by atoms with Gasteiger partial charge in [0.15, 0.2) is 0 Å². The van der Waals surface area contributed by atoms with E-state index in [9.17, 15) is 14.4 Å². The van der Waals surface area contributed by atoms with E-state index >= 15 is 0 Å². The highest BCUT2D eigenvalue weighted by molar-refractivity contribution is 6.41. The maximum atomic E-state index is 11.7. The Morgan fingerprint density at radius 2 is 1.95 bits per heavy atom. The molecule has 0 saturated carbocycles. The van der Waals surface area contributed by atoms with Gasteiger partial charge in [-0.1, -0.05) is 23.2 Å². The minimum absolute atomic E-state index is 0.00317. The van der Waals surface area contributed by atoms with Gasteiger partial charge in [0.05, 0.1) is 5.02 Å². The second kappa shape index (κ2) is 6.44. The molecule has 1 unspecified atom stereocenters. The van der Waals surface area contributed by atoms with Crippen molar-refractivity contribution in [2.24, 2.45) is 0 Å². The van der Waals surface area contributed by atoms with Gasteiger partial charge in [-0.25, -0.2) is 4.79 Å². The van der Waals surface area contributed by atoms with Gasteiger partial charge < -0.3 is 20.5 Å². The first-order chi connectivity index (χ1) is 8.81. The topological polar surface area (TPSA) is 119 Å². The minimum atomic E-state index is -1.32. The van der Waals surface area contributed by atoms with Gasteiger partial charge in [-0.2, -0.15) is 0 Å². The number of nitrogens with one attached hydrogen (secondary N) is 2. The molecule has 0 aliphatic carbocycles. The third kappa shape index (κ3) is 4.46. The standard InChI is InChI=1S/C10H10Cl2N2O5/c11-4-3-6(13-8(4)12)9(17)14-5(10(18)19)1-2-7(15)16/h3,5,13H,1-2H2,(H,14,17)(H,15,16)(H,18,19). The van der Waals surface area contributed by atoms with Crippen LogP contribution in [0.2, 0.25) is 10.2 Å². The number of carbonyl (C=O) groups is 3. The van der Waals surface area contributed by atoms with E-state index in [1.165, 1.54) is 6.07 Å². The van der Waals surface area contributed by atoms with Gasteiger partial charge in [-0.15, -0.1) is 0 Å². The number of aromatic nitrogens is 1. The Kier molecular flexibility index (Phi) is 5.20. The predicted molar refractivity (Wildman–Crippen MR) is 66.6 cm³/mol. The Bertz CT molecular complexity index is 495. The summed E-state index contributed by atoms with van der Waals surface area (Å²) in [4.78, 5) is 35.4. The van der Waals surface area contributed by atoms with E-state index in [1.54, 1.807) is 0 Å². The van der Waals surface area contributed by atoms with Gasteiger partial charge in [-0.3, -0.25) is 9.59 Å². The maximum absolute atomic E-state index is 11.7. The second-order valence-corrected chi connectivity index (χ2v) is 4.43. The van der Waals surface area contributed by atoms with Crippen LogP contribution < -0.4 is 5.32 Å². The average molecular weight is 309 g/mol. The van der Waals surface area contributed by atoms with Crippen LogP contribution in [-0.4, -0.2) is 39.1 Å². The molecule has 4 N–H and O–H groups in total. The van der Waals surface area contributed by atoms with Crippen LogP contribution in [0, 0.1) is 0 Å². The van der Waals surface area contributed by atoms with Crippen LogP contribution in [0.15, 0.2) is 6.07 Å². The van der Waals surface area contributed by atoms with Crippen molar-refractivity contribution in [1.82, 2.24) is 10.3 Å². The molecule has 0 aliphatic rings. The van der Waals surface area contributed by atoms with E-state index < -0.39 is 23.9 Å². The molecule has 1 atom stereocenters. The van der Waals surface area contributed by atoms with E-state index in [2.05, 4.69) is 10.3 Å². The van der Waals surface area contributed by atoms with Crippen molar-refractivity contribution in [1.29, 1.82) is 0 Å². The summed E-state index contributed by atoms with van der Waals surface area (Å²) in [5.41, 5.74) is -0.00317. The molecular formula is C10H10Cl2N2O5. The fraction of sp³-hybridized carbons (Fsp3) is 0.300. The number of halogens is 2. The summed E-state index contributed by atoms with van der Waals surface area (Å²) in [6, 6.07) is -0.0561. The van der Waals surface area contributed by atoms with Crippen molar-refractivity contribution in [2.75, 3.05) is 0 Å².